The monoisotopic (exact) mass is 337 g/mol. The minimum atomic E-state index is -3.89. The molecule has 8 heteroatoms. The van der Waals surface area contributed by atoms with Gasteiger partial charge >= 0.3 is 5.97 Å². The number of carbonyl (C=O) groups is 1. The zero-order valence-corrected chi connectivity index (χ0v) is 12.7. The summed E-state index contributed by atoms with van der Waals surface area (Å²) < 4.78 is 27.0. The summed E-state index contributed by atoms with van der Waals surface area (Å²) in [6, 6.07) is 3.50. The third kappa shape index (κ3) is 3.85. The van der Waals surface area contributed by atoms with Crippen LogP contribution in [0.1, 0.15) is 19.3 Å². The van der Waals surface area contributed by atoms with Crippen LogP contribution in [0.15, 0.2) is 23.1 Å². The number of hydrogen-bond acceptors (Lipinski definition) is 3. The minimum absolute atomic E-state index is 0.0479. The third-order valence-corrected chi connectivity index (χ3v) is 5.28. The Morgan fingerprint density at radius 3 is 2.60 bits per heavy atom. The number of hydrogen-bond donors (Lipinski definition) is 2. The standard InChI is InChI=1S/C12H13Cl2NO4S/c13-8-3-4-9(14)11(5-8)20(18,19)15-10(6-12(16)17)7-1-2-7/h3-5,7,10,15H,1-2,6H2,(H,16,17). The summed E-state index contributed by atoms with van der Waals surface area (Å²) in [5.74, 6) is -0.972. The molecule has 110 valence electrons. The van der Waals surface area contributed by atoms with Gasteiger partial charge in [-0.3, -0.25) is 4.79 Å². The van der Waals surface area contributed by atoms with Crippen molar-refractivity contribution in [2.24, 2.45) is 5.92 Å². The van der Waals surface area contributed by atoms with Crippen LogP contribution in [0.5, 0.6) is 0 Å². The van der Waals surface area contributed by atoms with Gasteiger partial charge in [0.15, 0.2) is 0 Å². The van der Waals surface area contributed by atoms with Crippen molar-refractivity contribution in [1.82, 2.24) is 4.72 Å². The molecular formula is C12H13Cl2NO4S. The number of sulfonamides is 1. The number of aliphatic carboxylic acids is 1. The number of carboxylic acid groups (broad SMARTS) is 1. The molecule has 0 bridgehead atoms. The van der Waals surface area contributed by atoms with Crippen molar-refractivity contribution in [2.75, 3.05) is 0 Å². The molecule has 0 aliphatic heterocycles. The van der Waals surface area contributed by atoms with Crippen LogP contribution in [0.2, 0.25) is 10.0 Å². The number of carboxylic acids is 1. The maximum absolute atomic E-state index is 12.3. The topological polar surface area (TPSA) is 83.5 Å². The van der Waals surface area contributed by atoms with E-state index in [2.05, 4.69) is 4.72 Å². The minimum Gasteiger partial charge on any atom is -0.481 e. The summed E-state index contributed by atoms with van der Waals surface area (Å²) in [4.78, 5) is 10.7. The van der Waals surface area contributed by atoms with Crippen LogP contribution in [-0.2, 0) is 14.8 Å². The van der Waals surface area contributed by atoms with Crippen molar-refractivity contribution in [2.45, 2.75) is 30.2 Å². The Hall–Kier alpha value is -0.820. The summed E-state index contributed by atoms with van der Waals surface area (Å²) in [5, 5.41) is 9.14. The first-order valence-electron chi connectivity index (χ1n) is 5.99. The van der Waals surface area contributed by atoms with Crippen molar-refractivity contribution in [3.63, 3.8) is 0 Å². The van der Waals surface area contributed by atoms with Gasteiger partial charge in [-0.25, -0.2) is 13.1 Å². The number of nitrogens with one attached hydrogen (secondary N) is 1. The molecule has 2 N–H and O–H groups in total. The summed E-state index contributed by atoms with van der Waals surface area (Å²) in [6.45, 7) is 0. The second kappa shape index (κ2) is 5.89. The van der Waals surface area contributed by atoms with Crippen LogP contribution in [0.4, 0.5) is 0 Å². The van der Waals surface area contributed by atoms with Gasteiger partial charge in [0.1, 0.15) is 4.90 Å². The number of benzene rings is 1. The predicted molar refractivity (Wildman–Crippen MR) is 75.5 cm³/mol. The summed E-state index contributed by atoms with van der Waals surface area (Å²) in [7, 11) is -3.89. The zero-order valence-electron chi connectivity index (χ0n) is 10.3. The molecule has 1 fully saturated rings. The van der Waals surface area contributed by atoms with E-state index in [0.29, 0.717) is 0 Å². The lowest BCUT2D eigenvalue weighted by Crippen LogP contribution is -2.38. The molecule has 1 aromatic rings. The first-order valence-corrected chi connectivity index (χ1v) is 8.22. The fourth-order valence-electron chi connectivity index (χ4n) is 1.94. The van der Waals surface area contributed by atoms with Crippen LogP contribution in [-0.4, -0.2) is 25.5 Å². The van der Waals surface area contributed by atoms with E-state index in [9.17, 15) is 13.2 Å². The van der Waals surface area contributed by atoms with Gasteiger partial charge in [0.05, 0.1) is 11.4 Å². The summed E-state index contributed by atoms with van der Waals surface area (Å²) in [6.07, 6.45) is 1.40. The molecule has 0 amide bonds. The van der Waals surface area contributed by atoms with Gasteiger partial charge in [-0.05, 0) is 37.0 Å². The fourth-order valence-corrected chi connectivity index (χ4v) is 4.00. The molecule has 0 spiro atoms. The molecule has 0 aromatic heterocycles. The molecule has 2 rings (SSSR count). The Kier molecular flexibility index (Phi) is 4.59. The van der Waals surface area contributed by atoms with Crippen molar-refractivity contribution < 1.29 is 18.3 Å². The van der Waals surface area contributed by atoms with Gasteiger partial charge in [0, 0.05) is 11.1 Å². The lowest BCUT2D eigenvalue weighted by atomic mass is 10.1. The maximum atomic E-state index is 12.3. The SMILES string of the molecule is O=C(O)CC(NS(=O)(=O)c1cc(Cl)ccc1Cl)C1CC1. The van der Waals surface area contributed by atoms with Crippen molar-refractivity contribution in [3.05, 3.63) is 28.2 Å². The van der Waals surface area contributed by atoms with Gasteiger partial charge in [0.25, 0.3) is 0 Å². The summed E-state index contributed by atoms with van der Waals surface area (Å²) >= 11 is 11.6. The van der Waals surface area contributed by atoms with Crippen LogP contribution >= 0.6 is 23.2 Å². The molecular weight excluding hydrogens is 325 g/mol. The first kappa shape index (κ1) is 15.6. The van der Waals surface area contributed by atoms with E-state index in [-0.39, 0.29) is 27.3 Å². The quantitative estimate of drug-likeness (QED) is 0.835. The van der Waals surface area contributed by atoms with E-state index in [1.807, 2.05) is 0 Å². The number of halogens is 2. The summed E-state index contributed by atoms with van der Waals surface area (Å²) in [5.41, 5.74) is 0. The molecule has 1 aliphatic carbocycles. The smallest absolute Gasteiger partial charge is 0.304 e. The van der Waals surface area contributed by atoms with Crippen LogP contribution in [0.25, 0.3) is 0 Å². The van der Waals surface area contributed by atoms with E-state index in [0.717, 1.165) is 12.8 Å². The van der Waals surface area contributed by atoms with Gasteiger partial charge in [-0.2, -0.15) is 0 Å². The van der Waals surface area contributed by atoms with Crippen molar-refractivity contribution >= 4 is 39.2 Å². The molecule has 5 nitrogen and oxygen atoms in total. The van der Waals surface area contributed by atoms with Gasteiger partial charge in [0.2, 0.25) is 10.0 Å². The molecule has 1 aromatic carbocycles. The second-order valence-corrected chi connectivity index (χ2v) is 7.26. The average molecular weight is 338 g/mol. The highest BCUT2D eigenvalue weighted by atomic mass is 35.5. The Labute approximate surface area is 126 Å². The maximum Gasteiger partial charge on any atom is 0.304 e. The lowest BCUT2D eigenvalue weighted by Gasteiger charge is -2.17. The Bertz CT molecular complexity index is 628. The van der Waals surface area contributed by atoms with Gasteiger partial charge < -0.3 is 5.11 Å². The molecule has 0 saturated heterocycles. The van der Waals surface area contributed by atoms with E-state index in [4.69, 9.17) is 28.3 Å². The molecule has 1 aliphatic rings. The highest BCUT2D eigenvalue weighted by Gasteiger charge is 2.36. The van der Waals surface area contributed by atoms with Crippen molar-refractivity contribution in [1.29, 1.82) is 0 Å². The van der Waals surface area contributed by atoms with Crippen LogP contribution < -0.4 is 4.72 Å². The third-order valence-electron chi connectivity index (χ3n) is 3.07. The Morgan fingerprint density at radius 1 is 1.40 bits per heavy atom. The molecule has 1 saturated carbocycles. The molecule has 1 unspecified atom stereocenters. The Morgan fingerprint density at radius 2 is 2.05 bits per heavy atom. The van der Waals surface area contributed by atoms with Crippen molar-refractivity contribution in [3.8, 4) is 0 Å². The number of rotatable bonds is 6. The normalized spacial score (nSPS) is 16.9. The molecule has 0 radical (unpaired) electrons. The highest BCUT2D eigenvalue weighted by molar-refractivity contribution is 7.89. The van der Waals surface area contributed by atoms with E-state index in [1.54, 1.807) is 0 Å². The van der Waals surface area contributed by atoms with Gasteiger partial charge in [-0.15, -0.1) is 0 Å². The lowest BCUT2D eigenvalue weighted by molar-refractivity contribution is -0.137. The molecule has 20 heavy (non-hydrogen) atoms. The predicted octanol–water partition coefficient (Wildman–Crippen LogP) is 2.53. The largest absolute Gasteiger partial charge is 0.481 e. The van der Waals surface area contributed by atoms with E-state index < -0.39 is 22.0 Å². The second-order valence-electron chi connectivity index (χ2n) is 4.74. The van der Waals surface area contributed by atoms with Crippen LogP contribution in [0.3, 0.4) is 0 Å². The highest BCUT2D eigenvalue weighted by Crippen LogP contribution is 2.35. The average Bonchev–Trinajstić information content (AvgIpc) is 3.14. The fraction of sp³-hybridized carbons (Fsp3) is 0.417. The van der Waals surface area contributed by atoms with E-state index >= 15 is 0 Å². The van der Waals surface area contributed by atoms with E-state index in [1.165, 1.54) is 18.2 Å². The molecule has 1 atom stereocenters. The van der Waals surface area contributed by atoms with Crippen LogP contribution in [0, 0.1) is 5.92 Å². The molecule has 0 heterocycles. The zero-order chi connectivity index (χ0) is 14.9. The van der Waals surface area contributed by atoms with Gasteiger partial charge in [-0.1, -0.05) is 23.2 Å². The Balaban J connectivity index is 2.25. The first-order chi connectivity index (χ1) is 9.29.